The van der Waals surface area contributed by atoms with Gasteiger partial charge >= 0.3 is 5.97 Å². The summed E-state index contributed by atoms with van der Waals surface area (Å²) in [6.07, 6.45) is 0.983. The maximum absolute atomic E-state index is 13.4. The fourth-order valence-corrected chi connectivity index (χ4v) is 8.34. The summed E-state index contributed by atoms with van der Waals surface area (Å²) in [5.74, 6) is 1.29. The molecule has 2 bridgehead atoms. The standard InChI is InChI=1S/C36H38N4O8/c1-17-10-21-12-24-26(14-37)40-25(31(39(24)4)29(21)33(44)34(17)45-5)13-23-30(36-35(46-16-47-36)18(2)32(23)43)27(40)15-38-28(42)11-20-6-8-22(9-7-20)48-19(3)41/h6-10,24-27,31,43-44H,11-13,15-16H2,1-5H3,(H,38,42)/t24?,25-,26-,27-,31-/m0/s1. The Labute approximate surface area is 278 Å². The molecule has 0 spiro atoms. The zero-order valence-electron chi connectivity index (χ0n) is 27.5. The number of aryl methyl sites for hydroxylation is 1. The zero-order valence-corrected chi connectivity index (χ0v) is 27.5. The second kappa shape index (κ2) is 11.9. The van der Waals surface area contributed by atoms with Crippen LogP contribution in [-0.4, -0.2) is 77.5 Å². The van der Waals surface area contributed by atoms with E-state index in [0.29, 0.717) is 52.5 Å². The SMILES string of the molecule is COc1c(C)cc2c(c1O)[C@@H]1[C@@H]3Cc4c(O)c(C)c5c(c4[C@H](CNC(=O)Cc4ccc(OC(C)=O)cc4)N3[C@@H](C#N)C(C2)N1C)OCO5. The second-order valence-electron chi connectivity index (χ2n) is 13.0. The van der Waals surface area contributed by atoms with Gasteiger partial charge in [0.25, 0.3) is 0 Å². The van der Waals surface area contributed by atoms with E-state index in [0.717, 1.165) is 22.3 Å². The Morgan fingerprint density at radius 1 is 1.06 bits per heavy atom. The van der Waals surface area contributed by atoms with Crippen LogP contribution in [0.2, 0.25) is 0 Å². The Morgan fingerprint density at radius 3 is 2.48 bits per heavy atom. The van der Waals surface area contributed by atoms with Crippen molar-refractivity contribution in [2.75, 3.05) is 27.5 Å². The maximum atomic E-state index is 13.4. The molecule has 1 saturated heterocycles. The number of phenolic OH excluding ortho intramolecular Hbond substituents is 2. The van der Waals surface area contributed by atoms with Gasteiger partial charge < -0.3 is 34.5 Å². The number of aromatic hydroxyl groups is 2. The molecule has 250 valence electrons. The minimum atomic E-state index is -0.584. The lowest BCUT2D eigenvalue weighted by molar-refractivity contribution is -0.132. The van der Waals surface area contributed by atoms with Gasteiger partial charge in [-0.15, -0.1) is 0 Å². The highest BCUT2D eigenvalue weighted by Gasteiger charge is 2.56. The molecule has 0 aromatic heterocycles. The highest BCUT2D eigenvalue weighted by molar-refractivity contribution is 5.79. The van der Waals surface area contributed by atoms with Gasteiger partial charge in [-0.3, -0.25) is 19.4 Å². The first-order chi connectivity index (χ1) is 23.0. The van der Waals surface area contributed by atoms with Crippen LogP contribution in [0.4, 0.5) is 0 Å². The molecule has 3 aromatic rings. The number of hydrogen-bond acceptors (Lipinski definition) is 11. The van der Waals surface area contributed by atoms with Crippen LogP contribution in [0.5, 0.6) is 34.5 Å². The topological polar surface area (TPSA) is 154 Å². The minimum absolute atomic E-state index is 0.00598. The Balaban J connectivity index is 1.30. The first kappa shape index (κ1) is 31.6. The van der Waals surface area contributed by atoms with Crippen molar-refractivity contribution < 1.29 is 38.7 Å². The molecule has 1 unspecified atom stereocenters. The number of piperazine rings is 1. The summed E-state index contributed by atoms with van der Waals surface area (Å²) in [4.78, 5) is 29.0. The number of nitriles is 1. The third-order valence-corrected chi connectivity index (χ3v) is 10.3. The molecule has 4 heterocycles. The van der Waals surface area contributed by atoms with Crippen LogP contribution < -0.4 is 24.3 Å². The summed E-state index contributed by atoms with van der Waals surface area (Å²) in [7, 11) is 3.52. The van der Waals surface area contributed by atoms with Crippen LogP contribution in [-0.2, 0) is 28.9 Å². The van der Waals surface area contributed by atoms with E-state index in [2.05, 4.69) is 21.2 Å². The summed E-state index contributed by atoms with van der Waals surface area (Å²) in [5, 5.41) is 37.1. The molecule has 5 atom stereocenters. The third-order valence-electron chi connectivity index (χ3n) is 10.3. The molecule has 4 aliphatic rings. The normalized spacial score (nSPS) is 23.7. The predicted molar refractivity (Wildman–Crippen MR) is 172 cm³/mol. The van der Waals surface area contributed by atoms with Gasteiger partial charge in [0.2, 0.25) is 12.7 Å². The number of nitrogens with one attached hydrogen (secondary N) is 1. The largest absolute Gasteiger partial charge is 0.507 e. The highest BCUT2D eigenvalue weighted by Crippen LogP contribution is 2.58. The van der Waals surface area contributed by atoms with Gasteiger partial charge in [0, 0.05) is 47.8 Å². The zero-order chi connectivity index (χ0) is 34.0. The number of rotatable bonds is 6. The Hall–Kier alpha value is -4.99. The number of phenols is 2. The monoisotopic (exact) mass is 654 g/mol. The van der Waals surface area contributed by atoms with Crippen molar-refractivity contribution in [1.82, 2.24) is 15.1 Å². The number of ether oxygens (including phenoxy) is 4. The van der Waals surface area contributed by atoms with Gasteiger partial charge in [-0.2, -0.15) is 5.26 Å². The Morgan fingerprint density at radius 2 is 1.79 bits per heavy atom. The maximum Gasteiger partial charge on any atom is 0.308 e. The average molecular weight is 655 g/mol. The number of hydrogen-bond donors (Lipinski definition) is 3. The molecular formula is C36H38N4O8. The number of benzene rings is 3. The summed E-state index contributed by atoms with van der Waals surface area (Å²) in [5.41, 5.74) is 5.21. The molecule has 4 aliphatic heterocycles. The van der Waals surface area contributed by atoms with E-state index in [1.165, 1.54) is 14.0 Å². The molecule has 0 saturated carbocycles. The number of carbonyl (C=O) groups is 2. The number of fused-ring (bicyclic) bond motifs is 9. The molecular weight excluding hydrogens is 616 g/mol. The molecule has 1 fully saturated rings. The molecule has 12 heteroatoms. The van der Waals surface area contributed by atoms with Crippen molar-refractivity contribution in [3.63, 3.8) is 0 Å². The first-order valence-corrected chi connectivity index (χ1v) is 16.0. The van der Waals surface area contributed by atoms with Gasteiger partial charge in [0.05, 0.1) is 31.7 Å². The minimum Gasteiger partial charge on any atom is -0.507 e. The van der Waals surface area contributed by atoms with Gasteiger partial charge in [-0.25, -0.2) is 0 Å². The highest BCUT2D eigenvalue weighted by atomic mass is 16.7. The fourth-order valence-electron chi connectivity index (χ4n) is 8.34. The number of amides is 1. The summed E-state index contributed by atoms with van der Waals surface area (Å²) >= 11 is 0. The molecule has 0 aliphatic carbocycles. The molecule has 0 radical (unpaired) electrons. The third kappa shape index (κ3) is 4.88. The van der Waals surface area contributed by atoms with E-state index in [4.69, 9.17) is 18.9 Å². The van der Waals surface area contributed by atoms with Crippen molar-refractivity contribution in [1.29, 1.82) is 5.26 Å². The van der Waals surface area contributed by atoms with Crippen LogP contribution in [0.1, 0.15) is 58.0 Å². The van der Waals surface area contributed by atoms with E-state index in [9.17, 15) is 25.1 Å². The van der Waals surface area contributed by atoms with Crippen molar-refractivity contribution >= 4 is 11.9 Å². The quantitative estimate of drug-likeness (QED) is 0.264. The summed E-state index contributed by atoms with van der Waals surface area (Å²) in [6, 6.07) is 9.31. The lowest BCUT2D eigenvalue weighted by atomic mass is 9.71. The van der Waals surface area contributed by atoms with Crippen LogP contribution in [0.15, 0.2) is 30.3 Å². The smallest absolute Gasteiger partial charge is 0.308 e. The molecule has 3 aromatic carbocycles. The van der Waals surface area contributed by atoms with E-state index in [1.807, 2.05) is 20.0 Å². The van der Waals surface area contributed by atoms with Crippen molar-refractivity contribution in [2.24, 2.45) is 0 Å². The Kier molecular flexibility index (Phi) is 7.84. The van der Waals surface area contributed by atoms with Gasteiger partial charge in [0.1, 0.15) is 17.5 Å². The van der Waals surface area contributed by atoms with Crippen LogP contribution >= 0.6 is 0 Å². The molecule has 12 nitrogen and oxygen atoms in total. The van der Waals surface area contributed by atoms with E-state index in [1.54, 1.807) is 31.2 Å². The van der Waals surface area contributed by atoms with Crippen molar-refractivity contribution in [3.05, 3.63) is 69.3 Å². The van der Waals surface area contributed by atoms with Crippen molar-refractivity contribution in [3.8, 4) is 40.6 Å². The number of methoxy groups -OCH3 is 1. The summed E-state index contributed by atoms with van der Waals surface area (Å²) in [6.45, 7) is 5.13. The average Bonchev–Trinajstić information content (AvgIpc) is 3.54. The first-order valence-electron chi connectivity index (χ1n) is 16.0. The van der Waals surface area contributed by atoms with E-state index in [-0.39, 0.29) is 55.3 Å². The molecule has 48 heavy (non-hydrogen) atoms. The van der Waals surface area contributed by atoms with E-state index < -0.39 is 18.1 Å². The van der Waals surface area contributed by atoms with Gasteiger partial charge in [0.15, 0.2) is 23.0 Å². The predicted octanol–water partition coefficient (Wildman–Crippen LogP) is 3.51. The lowest BCUT2D eigenvalue weighted by Gasteiger charge is -2.60. The number of likely N-dealkylation sites (N-methyl/N-ethyl adjacent to an activating group) is 1. The van der Waals surface area contributed by atoms with Gasteiger partial charge in [-0.05, 0) is 62.6 Å². The summed E-state index contributed by atoms with van der Waals surface area (Å²) < 4.78 is 22.6. The van der Waals surface area contributed by atoms with Crippen LogP contribution in [0, 0.1) is 25.2 Å². The van der Waals surface area contributed by atoms with Crippen LogP contribution in [0.25, 0.3) is 0 Å². The number of nitrogens with zero attached hydrogens (tertiary/aromatic N) is 3. The fraction of sp³-hybridized carbons (Fsp3) is 0.417. The van der Waals surface area contributed by atoms with Crippen molar-refractivity contribution in [2.45, 2.75) is 70.2 Å². The lowest BCUT2D eigenvalue weighted by Crippen LogP contribution is -2.68. The number of carbonyl (C=O) groups excluding carboxylic acids is 2. The molecule has 3 N–H and O–H groups in total. The molecule has 7 rings (SSSR count). The Bertz CT molecular complexity index is 1870. The van der Waals surface area contributed by atoms with Gasteiger partial charge in [-0.1, -0.05) is 18.2 Å². The second-order valence-corrected chi connectivity index (χ2v) is 13.0. The molecule has 1 amide bonds. The van der Waals surface area contributed by atoms with Crippen LogP contribution in [0.3, 0.4) is 0 Å². The number of esters is 1. The van der Waals surface area contributed by atoms with E-state index >= 15 is 0 Å².